The van der Waals surface area contributed by atoms with Crippen molar-refractivity contribution in [1.29, 1.82) is 0 Å². The molecule has 9 heteroatoms. The molecular weight excluding hydrogens is 529 g/mol. The molecule has 0 saturated heterocycles. The second-order valence-electron chi connectivity index (χ2n) is 8.53. The average Bonchev–Trinajstić information content (AvgIpc) is 3.19. The number of halogens is 1. The Labute approximate surface area is 204 Å². The van der Waals surface area contributed by atoms with Crippen LogP contribution in [0.2, 0.25) is 0 Å². The first-order valence-electron chi connectivity index (χ1n) is 10.7. The lowest BCUT2D eigenvalue weighted by Crippen LogP contribution is -2.41. The number of benzene rings is 1. The van der Waals surface area contributed by atoms with Gasteiger partial charge in [-0.2, -0.15) is 0 Å². The average molecular weight is 568 g/mol. The normalized spacial score (nSPS) is 15.3. The highest BCUT2D eigenvalue weighted by molar-refractivity contribution is 14.0. The first-order valence-corrected chi connectivity index (χ1v) is 12.4. The van der Waals surface area contributed by atoms with Crippen LogP contribution in [-0.4, -0.2) is 51.2 Å². The van der Waals surface area contributed by atoms with Crippen molar-refractivity contribution in [2.45, 2.75) is 70.8 Å². The van der Waals surface area contributed by atoms with Crippen LogP contribution in [0.5, 0.6) is 11.5 Å². The van der Waals surface area contributed by atoms with Crippen LogP contribution in [0.15, 0.2) is 23.2 Å². The molecule has 0 radical (unpaired) electrons. The van der Waals surface area contributed by atoms with Gasteiger partial charge in [0.25, 0.3) is 0 Å². The molecule has 178 valence electrons. The zero-order valence-electron chi connectivity index (χ0n) is 19.4. The molecule has 2 N–H and O–H groups in total. The first-order chi connectivity index (χ1) is 14.2. The van der Waals surface area contributed by atoms with E-state index in [1.807, 2.05) is 25.1 Å². The largest absolute Gasteiger partial charge is 0.493 e. The van der Waals surface area contributed by atoms with Crippen LogP contribution in [-0.2, 0) is 16.4 Å². The fourth-order valence-electron chi connectivity index (χ4n) is 3.27. The predicted octanol–water partition coefficient (Wildman–Crippen LogP) is 3.90. The molecular formula is C22H38IN3O4S. The maximum Gasteiger partial charge on any atom is 0.191 e. The number of hydrogen-bond donors (Lipinski definition) is 2. The van der Waals surface area contributed by atoms with Gasteiger partial charge >= 0.3 is 0 Å². The molecule has 1 aromatic carbocycles. The highest BCUT2D eigenvalue weighted by Gasteiger charge is 2.28. The number of methoxy groups -OCH3 is 1. The minimum Gasteiger partial charge on any atom is -0.493 e. The number of nitrogens with zero attached hydrogens (tertiary/aromatic N) is 1. The zero-order chi connectivity index (χ0) is 22.2. The van der Waals surface area contributed by atoms with Crippen molar-refractivity contribution in [3.63, 3.8) is 0 Å². The van der Waals surface area contributed by atoms with E-state index < -0.39 is 14.6 Å². The van der Waals surface area contributed by atoms with Crippen LogP contribution in [0.3, 0.4) is 0 Å². The Morgan fingerprint density at radius 1 is 1.19 bits per heavy atom. The van der Waals surface area contributed by atoms with E-state index in [0.29, 0.717) is 31.3 Å². The van der Waals surface area contributed by atoms with Gasteiger partial charge in [0, 0.05) is 18.7 Å². The lowest BCUT2D eigenvalue weighted by atomic mass is 10.1. The summed E-state index contributed by atoms with van der Waals surface area (Å²) in [4.78, 5) is 4.64. The van der Waals surface area contributed by atoms with Crippen molar-refractivity contribution in [2.24, 2.45) is 4.99 Å². The summed E-state index contributed by atoms with van der Waals surface area (Å²) >= 11 is 0. The molecule has 1 fully saturated rings. The summed E-state index contributed by atoms with van der Waals surface area (Å²) in [6.45, 7) is 8.52. The molecule has 0 atom stereocenters. The summed E-state index contributed by atoms with van der Waals surface area (Å²) in [6, 6.07) is 5.82. The van der Waals surface area contributed by atoms with Crippen molar-refractivity contribution in [1.82, 2.24) is 10.6 Å². The molecule has 0 amide bonds. The third kappa shape index (κ3) is 8.32. The second-order valence-corrected chi connectivity index (χ2v) is 11.4. The summed E-state index contributed by atoms with van der Waals surface area (Å²) in [5, 5.41) is 6.30. The molecule has 0 unspecified atom stereocenters. The van der Waals surface area contributed by atoms with Crippen molar-refractivity contribution >= 4 is 39.8 Å². The number of rotatable bonds is 9. The van der Waals surface area contributed by atoms with Gasteiger partial charge in [-0.3, -0.25) is 0 Å². The van der Waals surface area contributed by atoms with E-state index in [2.05, 4.69) is 15.6 Å². The van der Waals surface area contributed by atoms with E-state index in [4.69, 9.17) is 9.47 Å². The van der Waals surface area contributed by atoms with Gasteiger partial charge in [0.15, 0.2) is 27.3 Å². The number of guanidine groups is 1. The summed E-state index contributed by atoms with van der Waals surface area (Å²) in [5.41, 5.74) is 0.945. The van der Waals surface area contributed by atoms with Gasteiger partial charge in [-0.05, 0) is 59.4 Å². The number of hydrogen-bond acceptors (Lipinski definition) is 5. The first kappa shape index (κ1) is 27.8. The summed E-state index contributed by atoms with van der Waals surface area (Å²) in [5.74, 6) is 2.10. The summed E-state index contributed by atoms with van der Waals surface area (Å²) < 4.78 is 35.7. The Morgan fingerprint density at radius 3 is 2.45 bits per heavy atom. The summed E-state index contributed by atoms with van der Waals surface area (Å²) in [7, 11) is -1.54. The van der Waals surface area contributed by atoms with Gasteiger partial charge in [0.1, 0.15) is 0 Å². The van der Waals surface area contributed by atoms with Gasteiger partial charge in [0.2, 0.25) is 0 Å². The minimum absolute atomic E-state index is 0. The Bertz CT molecular complexity index is 817. The fraction of sp³-hybridized carbons (Fsp3) is 0.682. The van der Waals surface area contributed by atoms with Gasteiger partial charge in [-0.15, -0.1) is 24.0 Å². The van der Waals surface area contributed by atoms with Crippen molar-refractivity contribution < 1.29 is 17.9 Å². The molecule has 0 bridgehead atoms. The van der Waals surface area contributed by atoms with Crippen molar-refractivity contribution in [2.75, 3.05) is 26.0 Å². The number of nitrogens with one attached hydrogen (secondary N) is 2. The molecule has 1 aromatic rings. The molecule has 0 aliphatic heterocycles. The third-order valence-electron chi connectivity index (χ3n) is 5.22. The molecule has 1 aliphatic carbocycles. The standard InChI is InChI=1S/C22H37N3O4S.HI/c1-6-23-21(24-14-15-30(26,27)22(2,3)4)25-16-17-10-9-13-19(28-5)20(17)29-18-11-7-8-12-18;/h9-10,13,18H,6-8,11-12,14-16H2,1-5H3,(H2,23,24,25);1H. The lowest BCUT2D eigenvalue weighted by molar-refractivity contribution is 0.198. The number of ether oxygens (including phenoxy) is 2. The van der Waals surface area contributed by atoms with Crippen LogP contribution in [0.4, 0.5) is 0 Å². The predicted molar refractivity (Wildman–Crippen MR) is 138 cm³/mol. The highest BCUT2D eigenvalue weighted by Crippen LogP contribution is 2.35. The Morgan fingerprint density at radius 2 is 1.87 bits per heavy atom. The van der Waals surface area contributed by atoms with Gasteiger partial charge in [-0.25, -0.2) is 13.4 Å². The van der Waals surface area contributed by atoms with Crippen LogP contribution in [0.1, 0.15) is 58.9 Å². The van der Waals surface area contributed by atoms with Gasteiger partial charge < -0.3 is 20.1 Å². The minimum atomic E-state index is -3.19. The highest BCUT2D eigenvalue weighted by atomic mass is 127. The van der Waals surface area contributed by atoms with Crippen LogP contribution in [0.25, 0.3) is 0 Å². The van der Waals surface area contributed by atoms with E-state index in [9.17, 15) is 8.42 Å². The number of aliphatic imine (C=N–C) groups is 1. The van der Waals surface area contributed by atoms with E-state index in [-0.39, 0.29) is 35.8 Å². The van der Waals surface area contributed by atoms with E-state index >= 15 is 0 Å². The SMILES string of the molecule is CCNC(=NCc1cccc(OC)c1OC1CCCC1)NCCS(=O)(=O)C(C)(C)C.I. The topological polar surface area (TPSA) is 89.0 Å². The molecule has 0 heterocycles. The fourth-order valence-corrected chi connectivity index (χ4v) is 4.25. The monoisotopic (exact) mass is 567 g/mol. The molecule has 2 rings (SSSR count). The second kappa shape index (κ2) is 12.7. The molecule has 0 aromatic heterocycles. The number of sulfone groups is 1. The Balaban J connectivity index is 0.00000480. The summed E-state index contributed by atoms with van der Waals surface area (Å²) in [6.07, 6.45) is 4.73. The van der Waals surface area contributed by atoms with Crippen LogP contribution >= 0.6 is 24.0 Å². The van der Waals surface area contributed by atoms with E-state index in [1.165, 1.54) is 12.8 Å². The van der Waals surface area contributed by atoms with Gasteiger partial charge in [0.05, 0.1) is 30.3 Å². The Hall–Kier alpha value is -1.23. The molecule has 1 saturated carbocycles. The third-order valence-corrected chi connectivity index (χ3v) is 7.82. The molecule has 31 heavy (non-hydrogen) atoms. The maximum atomic E-state index is 12.3. The van der Waals surface area contributed by atoms with Gasteiger partial charge in [-0.1, -0.05) is 12.1 Å². The Kier molecular flexibility index (Phi) is 11.4. The van der Waals surface area contributed by atoms with Crippen LogP contribution in [0, 0.1) is 0 Å². The molecule has 1 aliphatic rings. The zero-order valence-corrected chi connectivity index (χ0v) is 22.5. The molecule has 7 nitrogen and oxygen atoms in total. The number of para-hydroxylation sites is 1. The van der Waals surface area contributed by atoms with E-state index in [0.717, 1.165) is 24.2 Å². The maximum absolute atomic E-state index is 12.3. The molecule has 0 spiro atoms. The van der Waals surface area contributed by atoms with Crippen molar-refractivity contribution in [3.05, 3.63) is 23.8 Å². The lowest BCUT2D eigenvalue weighted by Gasteiger charge is -2.20. The smallest absolute Gasteiger partial charge is 0.191 e. The van der Waals surface area contributed by atoms with Crippen molar-refractivity contribution in [3.8, 4) is 11.5 Å². The quantitative estimate of drug-likeness (QED) is 0.268. The van der Waals surface area contributed by atoms with Crippen LogP contribution < -0.4 is 20.1 Å². The van der Waals surface area contributed by atoms with E-state index in [1.54, 1.807) is 27.9 Å².